The number of aromatic nitrogens is 1. The molecule has 1 heterocycles. The second-order valence-electron chi connectivity index (χ2n) is 6.96. The van der Waals surface area contributed by atoms with Gasteiger partial charge < -0.3 is 10.2 Å². The molecule has 136 valence electrons. The summed E-state index contributed by atoms with van der Waals surface area (Å²) in [6, 6.07) is 3.06. The molecule has 1 aliphatic carbocycles. The molecule has 2 rings (SSSR count). The van der Waals surface area contributed by atoms with E-state index in [1.54, 1.807) is 30.6 Å². The molecule has 0 aliphatic heterocycles. The number of carbonyl (C=O) groups is 2. The zero-order chi connectivity index (χ0) is 18.2. The number of hydrogen-bond donors (Lipinski definition) is 1. The quantitative estimate of drug-likeness (QED) is 0.774. The fourth-order valence-corrected chi connectivity index (χ4v) is 3.55. The zero-order valence-electron chi connectivity index (χ0n) is 15.3. The Morgan fingerprint density at radius 3 is 2.48 bits per heavy atom. The normalized spacial score (nSPS) is 16.3. The second kappa shape index (κ2) is 9.35. The molecule has 1 saturated carbocycles. The summed E-state index contributed by atoms with van der Waals surface area (Å²) >= 11 is 0. The summed E-state index contributed by atoms with van der Waals surface area (Å²) in [4.78, 5) is 31.9. The van der Waals surface area contributed by atoms with Crippen LogP contribution in [0.4, 0.5) is 0 Å². The maximum atomic E-state index is 13.3. The van der Waals surface area contributed by atoms with Gasteiger partial charge in [-0.2, -0.15) is 0 Å². The second-order valence-corrected chi connectivity index (χ2v) is 6.96. The molecule has 0 spiro atoms. The van der Waals surface area contributed by atoms with Crippen LogP contribution in [0.15, 0.2) is 37.2 Å². The number of amides is 2. The lowest BCUT2D eigenvalue weighted by molar-refractivity contribution is -0.128. The topological polar surface area (TPSA) is 62.3 Å². The molecule has 0 bridgehead atoms. The summed E-state index contributed by atoms with van der Waals surface area (Å²) < 4.78 is 0. The average molecular weight is 343 g/mol. The highest BCUT2D eigenvalue weighted by Crippen LogP contribution is 2.28. The lowest BCUT2D eigenvalue weighted by Crippen LogP contribution is -2.56. The van der Waals surface area contributed by atoms with Gasteiger partial charge in [-0.05, 0) is 30.9 Å². The smallest absolute Gasteiger partial charge is 0.254 e. The number of hydrogen-bond acceptors (Lipinski definition) is 3. The molecule has 2 amide bonds. The van der Waals surface area contributed by atoms with Crippen LogP contribution in [-0.2, 0) is 4.79 Å². The Morgan fingerprint density at radius 1 is 1.28 bits per heavy atom. The average Bonchev–Trinajstić information content (AvgIpc) is 2.64. The number of nitrogens with zero attached hydrogens (tertiary/aromatic N) is 2. The molecule has 0 aromatic carbocycles. The SMILES string of the molecule is C=CCNC(=O)C(C(C)C)N(C(=O)c1ccncc1)C1CCCCC1. The highest BCUT2D eigenvalue weighted by Gasteiger charge is 2.37. The summed E-state index contributed by atoms with van der Waals surface area (Å²) in [7, 11) is 0. The number of rotatable bonds is 7. The van der Waals surface area contributed by atoms with E-state index >= 15 is 0 Å². The van der Waals surface area contributed by atoms with E-state index < -0.39 is 6.04 Å². The molecular formula is C20H29N3O2. The van der Waals surface area contributed by atoms with Crippen molar-refractivity contribution in [1.29, 1.82) is 0 Å². The van der Waals surface area contributed by atoms with E-state index in [1.165, 1.54) is 6.42 Å². The van der Waals surface area contributed by atoms with Gasteiger partial charge in [-0.15, -0.1) is 6.58 Å². The van der Waals surface area contributed by atoms with E-state index in [0.717, 1.165) is 25.7 Å². The summed E-state index contributed by atoms with van der Waals surface area (Å²) in [5, 5.41) is 2.88. The standard InChI is InChI=1S/C20H29N3O2/c1-4-12-22-19(24)18(15(2)3)23(17-8-6-5-7-9-17)20(25)16-10-13-21-14-11-16/h4,10-11,13-15,17-18H,1,5-9,12H2,2-3H3,(H,22,24). The molecule has 1 fully saturated rings. The number of nitrogens with one attached hydrogen (secondary N) is 1. The van der Waals surface area contributed by atoms with Crippen LogP contribution in [0.1, 0.15) is 56.3 Å². The summed E-state index contributed by atoms with van der Waals surface area (Å²) in [6.45, 7) is 8.05. The van der Waals surface area contributed by atoms with Crippen molar-refractivity contribution in [3.63, 3.8) is 0 Å². The van der Waals surface area contributed by atoms with Crippen molar-refractivity contribution in [2.24, 2.45) is 5.92 Å². The fraction of sp³-hybridized carbons (Fsp3) is 0.550. The van der Waals surface area contributed by atoms with Gasteiger partial charge in [-0.3, -0.25) is 14.6 Å². The Morgan fingerprint density at radius 2 is 1.92 bits per heavy atom. The minimum atomic E-state index is -0.483. The molecule has 1 unspecified atom stereocenters. The van der Waals surface area contributed by atoms with E-state index in [-0.39, 0.29) is 23.8 Å². The maximum Gasteiger partial charge on any atom is 0.254 e. The van der Waals surface area contributed by atoms with Gasteiger partial charge in [-0.25, -0.2) is 0 Å². The molecule has 5 heteroatoms. The molecule has 0 saturated heterocycles. The minimum Gasteiger partial charge on any atom is -0.351 e. The summed E-state index contributed by atoms with van der Waals surface area (Å²) in [5.41, 5.74) is 0.586. The number of carbonyl (C=O) groups excluding carboxylic acids is 2. The van der Waals surface area contributed by atoms with E-state index in [0.29, 0.717) is 12.1 Å². The molecule has 0 radical (unpaired) electrons. The third-order valence-electron chi connectivity index (χ3n) is 4.75. The fourth-order valence-electron chi connectivity index (χ4n) is 3.55. The van der Waals surface area contributed by atoms with Gasteiger partial charge in [0, 0.05) is 30.5 Å². The lowest BCUT2D eigenvalue weighted by atomic mass is 9.90. The molecule has 1 aromatic rings. The van der Waals surface area contributed by atoms with Crippen LogP contribution in [-0.4, -0.2) is 40.3 Å². The molecule has 1 aromatic heterocycles. The molecule has 1 N–H and O–H groups in total. The molecular weight excluding hydrogens is 314 g/mol. The minimum absolute atomic E-state index is 0.0255. The van der Waals surface area contributed by atoms with Crippen molar-refractivity contribution < 1.29 is 9.59 Å². The van der Waals surface area contributed by atoms with Crippen LogP contribution >= 0.6 is 0 Å². The van der Waals surface area contributed by atoms with Gasteiger partial charge in [0.25, 0.3) is 5.91 Å². The van der Waals surface area contributed by atoms with E-state index in [9.17, 15) is 9.59 Å². The zero-order valence-corrected chi connectivity index (χ0v) is 15.3. The first-order valence-corrected chi connectivity index (χ1v) is 9.17. The van der Waals surface area contributed by atoms with E-state index in [4.69, 9.17) is 0 Å². The first-order valence-electron chi connectivity index (χ1n) is 9.17. The van der Waals surface area contributed by atoms with Crippen LogP contribution in [0.2, 0.25) is 0 Å². The predicted octanol–water partition coefficient (Wildman–Crippen LogP) is 3.18. The van der Waals surface area contributed by atoms with E-state index in [2.05, 4.69) is 16.9 Å². The highest BCUT2D eigenvalue weighted by atomic mass is 16.2. The van der Waals surface area contributed by atoms with Gasteiger partial charge in [0.15, 0.2) is 0 Å². The predicted molar refractivity (Wildman–Crippen MR) is 99.1 cm³/mol. The van der Waals surface area contributed by atoms with Crippen LogP contribution in [0.5, 0.6) is 0 Å². The van der Waals surface area contributed by atoms with Crippen molar-refractivity contribution in [2.75, 3.05) is 6.54 Å². The first-order chi connectivity index (χ1) is 12.1. The van der Waals surface area contributed by atoms with Gasteiger partial charge in [0.05, 0.1) is 0 Å². The lowest BCUT2D eigenvalue weighted by Gasteiger charge is -2.41. The Kier molecular flexibility index (Phi) is 7.16. The molecule has 25 heavy (non-hydrogen) atoms. The molecule has 5 nitrogen and oxygen atoms in total. The third kappa shape index (κ3) is 4.91. The van der Waals surface area contributed by atoms with Crippen molar-refractivity contribution in [2.45, 2.75) is 58.0 Å². The molecule has 1 aliphatic rings. The Bertz CT molecular complexity index is 580. The third-order valence-corrected chi connectivity index (χ3v) is 4.75. The maximum absolute atomic E-state index is 13.3. The van der Waals surface area contributed by atoms with Crippen LogP contribution in [0, 0.1) is 5.92 Å². The Hall–Kier alpha value is -2.17. The van der Waals surface area contributed by atoms with E-state index in [1.807, 2.05) is 18.7 Å². The summed E-state index contributed by atoms with van der Waals surface area (Å²) in [5.74, 6) is -0.165. The molecule has 1 atom stereocenters. The van der Waals surface area contributed by atoms with Gasteiger partial charge in [-0.1, -0.05) is 39.2 Å². The van der Waals surface area contributed by atoms with Crippen molar-refractivity contribution in [1.82, 2.24) is 15.2 Å². The first kappa shape index (κ1) is 19.2. The van der Waals surface area contributed by atoms with Crippen molar-refractivity contribution >= 4 is 11.8 Å². The van der Waals surface area contributed by atoms with Gasteiger partial charge >= 0.3 is 0 Å². The Labute approximate surface area is 150 Å². The van der Waals surface area contributed by atoms with Crippen molar-refractivity contribution in [3.05, 3.63) is 42.7 Å². The van der Waals surface area contributed by atoms with Crippen molar-refractivity contribution in [3.8, 4) is 0 Å². The largest absolute Gasteiger partial charge is 0.351 e. The van der Waals surface area contributed by atoms with Gasteiger partial charge in [0.1, 0.15) is 6.04 Å². The van der Waals surface area contributed by atoms with Crippen LogP contribution in [0.3, 0.4) is 0 Å². The summed E-state index contributed by atoms with van der Waals surface area (Å²) in [6.07, 6.45) is 10.2. The number of pyridine rings is 1. The van der Waals surface area contributed by atoms with Crippen LogP contribution in [0.25, 0.3) is 0 Å². The monoisotopic (exact) mass is 343 g/mol. The Balaban J connectivity index is 2.35. The van der Waals surface area contributed by atoms with Gasteiger partial charge in [0.2, 0.25) is 5.91 Å². The highest BCUT2D eigenvalue weighted by molar-refractivity contribution is 5.97. The van der Waals surface area contributed by atoms with Crippen LogP contribution < -0.4 is 5.32 Å².